The molecule has 4 rings (SSSR count). The van der Waals surface area contributed by atoms with E-state index in [-0.39, 0.29) is 15.8 Å². The summed E-state index contributed by atoms with van der Waals surface area (Å²) < 4.78 is 30.6. The zero-order valence-corrected chi connectivity index (χ0v) is 14.6. The molecule has 124 valence electrons. The van der Waals surface area contributed by atoms with Gasteiger partial charge >= 0.3 is 4.87 Å². The van der Waals surface area contributed by atoms with Crippen LogP contribution in [0.15, 0.2) is 27.9 Å². The van der Waals surface area contributed by atoms with Gasteiger partial charge in [-0.05, 0) is 56.2 Å². The number of hydrogen-bond acceptors (Lipinski definition) is 4. The van der Waals surface area contributed by atoms with E-state index in [1.54, 1.807) is 22.8 Å². The lowest BCUT2D eigenvalue weighted by Gasteiger charge is -2.22. The van der Waals surface area contributed by atoms with Crippen LogP contribution in [0.25, 0.3) is 10.2 Å². The molecular weight excluding hydrogens is 332 g/mol. The van der Waals surface area contributed by atoms with Crippen LogP contribution in [0.2, 0.25) is 0 Å². The number of aryl methyl sites for hydroxylation is 1. The third-order valence-electron chi connectivity index (χ3n) is 5.31. The smallest absolute Gasteiger partial charge is 0.299 e. The summed E-state index contributed by atoms with van der Waals surface area (Å²) in [6.07, 6.45) is 4.50. The second-order valence-corrected chi connectivity index (χ2v) is 9.35. The lowest BCUT2D eigenvalue weighted by atomic mass is 9.96. The van der Waals surface area contributed by atoms with Gasteiger partial charge in [-0.2, -0.15) is 0 Å². The quantitative estimate of drug-likeness (QED) is 0.919. The number of aromatic nitrogens is 1. The summed E-state index contributed by atoms with van der Waals surface area (Å²) in [5, 5.41) is 0. The number of nitrogens with zero attached hydrogens (tertiary/aromatic N) is 1. The largest absolute Gasteiger partial charge is 0.308 e. The third kappa shape index (κ3) is 2.55. The molecule has 0 spiro atoms. The predicted molar refractivity (Wildman–Crippen MR) is 91.3 cm³/mol. The maximum Gasteiger partial charge on any atom is 0.308 e. The van der Waals surface area contributed by atoms with Gasteiger partial charge in [0.1, 0.15) is 0 Å². The lowest BCUT2D eigenvalue weighted by Crippen LogP contribution is -2.38. The fourth-order valence-electron chi connectivity index (χ4n) is 4.17. The van der Waals surface area contributed by atoms with Crippen molar-refractivity contribution >= 4 is 31.6 Å². The molecule has 23 heavy (non-hydrogen) atoms. The van der Waals surface area contributed by atoms with Gasteiger partial charge in [0.2, 0.25) is 10.0 Å². The molecule has 0 unspecified atom stereocenters. The topological polar surface area (TPSA) is 68.2 Å². The Labute approximate surface area is 139 Å². The zero-order chi connectivity index (χ0) is 16.2. The molecule has 3 atom stereocenters. The van der Waals surface area contributed by atoms with E-state index >= 15 is 0 Å². The lowest BCUT2D eigenvalue weighted by molar-refractivity contribution is 0.390. The highest BCUT2D eigenvalue weighted by Crippen LogP contribution is 2.44. The zero-order valence-electron chi connectivity index (χ0n) is 13.0. The molecule has 1 N–H and O–H groups in total. The summed E-state index contributed by atoms with van der Waals surface area (Å²) in [6.45, 7) is 2.50. The van der Waals surface area contributed by atoms with Gasteiger partial charge in [-0.3, -0.25) is 9.36 Å². The number of hydrogen-bond donors (Lipinski definition) is 1. The van der Waals surface area contributed by atoms with E-state index in [9.17, 15) is 13.2 Å². The van der Waals surface area contributed by atoms with Crippen molar-refractivity contribution in [1.82, 2.24) is 9.29 Å². The van der Waals surface area contributed by atoms with Crippen LogP contribution < -0.4 is 9.60 Å². The van der Waals surface area contributed by atoms with Crippen LogP contribution in [0.1, 0.15) is 32.6 Å². The van der Waals surface area contributed by atoms with E-state index in [1.807, 2.05) is 6.92 Å². The van der Waals surface area contributed by atoms with Gasteiger partial charge in [-0.1, -0.05) is 17.8 Å². The van der Waals surface area contributed by atoms with Crippen molar-refractivity contribution in [1.29, 1.82) is 0 Å². The van der Waals surface area contributed by atoms with Crippen LogP contribution in [0.4, 0.5) is 0 Å². The number of thiazole rings is 1. The first-order valence-corrected chi connectivity index (χ1v) is 10.4. The first-order valence-electron chi connectivity index (χ1n) is 8.13. The molecule has 0 aliphatic heterocycles. The molecule has 0 radical (unpaired) electrons. The van der Waals surface area contributed by atoms with E-state index < -0.39 is 10.0 Å². The van der Waals surface area contributed by atoms with Gasteiger partial charge in [0.05, 0.1) is 15.1 Å². The normalized spacial score (nSPS) is 27.1. The molecule has 5 nitrogen and oxygen atoms in total. The van der Waals surface area contributed by atoms with Crippen molar-refractivity contribution in [2.75, 3.05) is 0 Å². The van der Waals surface area contributed by atoms with Crippen molar-refractivity contribution in [2.24, 2.45) is 11.8 Å². The molecule has 2 aliphatic carbocycles. The SMILES string of the molecule is CCn1c(=O)sc2cc(S(=O)(=O)N[C@@H]3C[C@H]4CC[C@H]3C4)ccc21. The van der Waals surface area contributed by atoms with Gasteiger partial charge in [0.15, 0.2) is 0 Å². The Hall–Kier alpha value is -1.18. The average Bonchev–Trinajstić information content (AvgIpc) is 3.18. The van der Waals surface area contributed by atoms with Gasteiger partial charge in [0, 0.05) is 12.6 Å². The minimum absolute atomic E-state index is 0.0434. The number of nitrogens with one attached hydrogen (secondary N) is 1. The minimum atomic E-state index is -3.52. The molecular formula is C16H20N2O3S2. The molecule has 2 aliphatic rings. The standard InChI is InChI=1S/C16H20N2O3S2/c1-2-18-14-6-5-12(9-15(14)22-16(18)19)23(20,21)17-13-8-10-3-4-11(13)7-10/h5-6,9-11,13,17H,2-4,7-8H2,1H3/t10-,11-,13+/m0/s1. The molecule has 2 aromatic rings. The second kappa shape index (κ2) is 5.43. The van der Waals surface area contributed by atoms with Crippen LogP contribution in [-0.4, -0.2) is 19.0 Å². The predicted octanol–water partition coefficient (Wildman–Crippen LogP) is 2.55. The Kier molecular flexibility index (Phi) is 3.62. The van der Waals surface area contributed by atoms with Gasteiger partial charge in [-0.25, -0.2) is 13.1 Å². The maximum atomic E-state index is 12.7. The van der Waals surface area contributed by atoms with Crippen LogP contribution in [0.5, 0.6) is 0 Å². The molecule has 0 saturated heterocycles. The monoisotopic (exact) mass is 352 g/mol. The van der Waals surface area contributed by atoms with E-state index in [2.05, 4.69) is 4.72 Å². The van der Waals surface area contributed by atoms with E-state index in [0.717, 1.165) is 40.8 Å². The number of sulfonamides is 1. The molecule has 1 aromatic carbocycles. The Morgan fingerprint density at radius 2 is 2.13 bits per heavy atom. The second-order valence-electron chi connectivity index (χ2n) is 6.64. The molecule has 2 bridgehead atoms. The highest BCUT2D eigenvalue weighted by Gasteiger charge is 2.41. The molecule has 2 saturated carbocycles. The number of benzene rings is 1. The van der Waals surface area contributed by atoms with Crippen molar-refractivity contribution in [2.45, 2.75) is 50.1 Å². The average molecular weight is 352 g/mol. The van der Waals surface area contributed by atoms with Crippen LogP contribution in [0, 0.1) is 11.8 Å². The molecule has 1 aromatic heterocycles. The minimum Gasteiger partial charge on any atom is -0.299 e. The van der Waals surface area contributed by atoms with E-state index in [1.165, 1.54) is 6.42 Å². The third-order valence-corrected chi connectivity index (χ3v) is 7.74. The summed E-state index contributed by atoms with van der Waals surface area (Å²) in [4.78, 5) is 12.1. The summed E-state index contributed by atoms with van der Waals surface area (Å²) in [5.41, 5.74) is 0.807. The van der Waals surface area contributed by atoms with Crippen LogP contribution >= 0.6 is 11.3 Å². The van der Waals surface area contributed by atoms with Crippen LogP contribution in [-0.2, 0) is 16.6 Å². The van der Waals surface area contributed by atoms with Crippen molar-refractivity contribution < 1.29 is 8.42 Å². The maximum absolute atomic E-state index is 12.7. The van der Waals surface area contributed by atoms with Crippen LogP contribution in [0.3, 0.4) is 0 Å². The Morgan fingerprint density at radius 3 is 2.78 bits per heavy atom. The number of rotatable bonds is 4. The van der Waals surface area contributed by atoms with E-state index in [4.69, 9.17) is 0 Å². The van der Waals surface area contributed by atoms with Gasteiger partial charge in [0.25, 0.3) is 0 Å². The highest BCUT2D eigenvalue weighted by atomic mass is 32.2. The molecule has 0 amide bonds. The van der Waals surface area contributed by atoms with Gasteiger partial charge < -0.3 is 0 Å². The Balaban J connectivity index is 1.66. The molecule has 2 fully saturated rings. The highest BCUT2D eigenvalue weighted by molar-refractivity contribution is 7.89. The Bertz CT molecular complexity index is 913. The van der Waals surface area contributed by atoms with E-state index in [0.29, 0.717) is 18.4 Å². The summed E-state index contributed by atoms with van der Waals surface area (Å²) in [6, 6.07) is 5.05. The summed E-state index contributed by atoms with van der Waals surface area (Å²) in [5.74, 6) is 1.19. The molecule has 1 heterocycles. The summed E-state index contributed by atoms with van der Waals surface area (Å²) >= 11 is 1.10. The van der Waals surface area contributed by atoms with Crippen molar-refractivity contribution in [3.05, 3.63) is 27.9 Å². The van der Waals surface area contributed by atoms with Gasteiger partial charge in [-0.15, -0.1) is 0 Å². The fourth-order valence-corrected chi connectivity index (χ4v) is 6.58. The first kappa shape index (κ1) is 15.4. The van der Waals surface area contributed by atoms with Crippen molar-refractivity contribution in [3.63, 3.8) is 0 Å². The Morgan fingerprint density at radius 1 is 1.30 bits per heavy atom. The molecule has 7 heteroatoms. The fraction of sp³-hybridized carbons (Fsp3) is 0.562. The van der Waals surface area contributed by atoms with Crippen molar-refractivity contribution in [3.8, 4) is 0 Å². The summed E-state index contributed by atoms with van der Waals surface area (Å²) in [7, 11) is -3.52. The first-order chi connectivity index (χ1) is 11.0. The number of fused-ring (bicyclic) bond motifs is 3.